The minimum absolute atomic E-state index is 0.0648. The fraction of sp³-hybridized carbons (Fsp3) is 0.316. The molecule has 2 aromatic carbocycles. The number of hydrogen-bond donors (Lipinski definition) is 1. The van der Waals surface area contributed by atoms with Crippen LogP contribution < -0.4 is 14.8 Å². The first kappa shape index (κ1) is 19.7. The van der Waals surface area contributed by atoms with Crippen molar-refractivity contribution >= 4 is 11.6 Å². The van der Waals surface area contributed by atoms with Crippen molar-refractivity contribution in [2.24, 2.45) is 0 Å². The smallest absolute Gasteiger partial charge is 0.238 e. The summed E-state index contributed by atoms with van der Waals surface area (Å²) in [5.74, 6) is -0.966. The highest BCUT2D eigenvalue weighted by Gasteiger charge is 2.17. The van der Waals surface area contributed by atoms with E-state index < -0.39 is 11.6 Å². The van der Waals surface area contributed by atoms with Gasteiger partial charge in [0.2, 0.25) is 5.91 Å². The van der Waals surface area contributed by atoms with Gasteiger partial charge < -0.3 is 14.8 Å². The SMILES string of the molecule is COc1ccc(NC(=O)CN(C)C(C)c2ccc(F)c(F)c2)c(OC)c1. The number of rotatable bonds is 7. The van der Waals surface area contributed by atoms with E-state index in [1.54, 1.807) is 37.3 Å². The lowest BCUT2D eigenvalue weighted by Crippen LogP contribution is -2.32. The number of nitrogens with zero attached hydrogens (tertiary/aromatic N) is 1. The summed E-state index contributed by atoms with van der Waals surface area (Å²) in [7, 11) is 4.78. The zero-order valence-corrected chi connectivity index (χ0v) is 15.2. The molecule has 7 heteroatoms. The quantitative estimate of drug-likeness (QED) is 0.815. The number of methoxy groups -OCH3 is 2. The molecule has 5 nitrogen and oxygen atoms in total. The summed E-state index contributed by atoms with van der Waals surface area (Å²) in [6.07, 6.45) is 0. The van der Waals surface area contributed by atoms with E-state index in [0.29, 0.717) is 22.7 Å². The zero-order valence-electron chi connectivity index (χ0n) is 15.2. The fourth-order valence-electron chi connectivity index (χ4n) is 2.48. The van der Waals surface area contributed by atoms with Crippen molar-refractivity contribution in [3.8, 4) is 11.5 Å². The number of hydrogen-bond acceptors (Lipinski definition) is 4. The first-order chi connectivity index (χ1) is 12.3. The molecule has 140 valence electrons. The Morgan fingerprint density at radius 3 is 2.46 bits per heavy atom. The van der Waals surface area contributed by atoms with E-state index in [4.69, 9.17) is 9.47 Å². The molecule has 0 aliphatic heterocycles. The molecule has 0 aliphatic carbocycles. The molecule has 0 heterocycles. The number of nitrogens with one attached hydrogen (secondary N) is 1. The second-order valence-corrected chi connectivity index (χ2v) is 5.88. The topological polar surface area (TPSA) is 50.8 Å². The Hall–Kier alpha value is -2.67. The number of ether oxygens (including phenoxy) is 2. The predicted molar refractivity (Wildman–Crippen MR) is 95.6 cm³/mol. The number of likely N-dealkylation sites (N-methyl/N-ethyl adjacent to an activating group) is 1. The molecule has 1 unspecified atom stereocenters. The Balaban J connectivity index is 2.03. The molecule has 2 rings (SSSR count). The molecular formula is C19H22F2N2O3. The molecule has 2 aromatic rings. The summed E-state index contributed by atoms with van der Waals surface area (Å²) >= 11 is 0. The van der Waals surface area contributed by atoms with Crippen molar-refractivity contribution in [1.82, 2.24) is 4.90 Å². The van der Waals surface area contributed by atoms with E-state index in [1.807, 2.05) is 6.92 Å². The van der Waals surface area contributed by atoms with Gasteiger partial charge in [-0.25, -0.2) is 8.78 Å². The maximum absolute atomic E-state index is 13.4. The van der Waals surface area contributed by atoms with Crippen LogP contribution in [0.5, 0.6) is 11.5 Å². The first-order valence-corrected chi connectivity index (χ1v) is 8.02. The third-order valence-corrected chi connectivity index (χ3v) is 4.16. The first-order valence-electron chi connectivity index (χ1n) is 8.02. The van der Waals surface area contributed by atoms with Gasteiger partial charge in [0.15, 0.2) is 11.6 Å². The summed E-state index contributed by atoms with van der Waals surface area (Å²) in [6, 6.07) is 8.53. The Labute approximate surface area is 151 Å². The van der Waals surface area contributed by atoms with Crippen LogP contribution in [0.4, 0.5) is 14.5 Å². The van der Waals surface area contributed by atoms with Crippen molar-refractivity contribution in [2.45, 2.75) is 13.0 Å². The molecule has 1 amide bonds. The van der Waals surface area contributed by atoms with Crippen molar-refractivity contribution in [2.75, 3.05) is 33.1 Å². The highest BCUT2D eigenvalue weighted by Crippen LogP contribution is 2.29. The number of halogens is 2. The van der Waals surface area contributed by atoms with Crippen LogP contribution in [0.1, 0.15) is 18.5 Å². The van der Waals surface area contributed by atoms with E-state index in [1.165, 1.54) is 13.2 Å². The lowest BCUT2D eigenvalue weighted by atomic mass is 10.1. The summed E-state index contributed by atoms with van der Waals surface area (Å²) in [6.45, 7) is 1.88. The molecule has 1 N–H and O–H groups in total. The molecule has 0 bridgehead atoms. The van der Waals surface area contributed by atoms with Gasteiger partial charge in [0, 0.05) is 12.1 Å². The monoisotopic (exact) mass is 364 g/mol. The van der Waals surface area contributed by atoms with Gasteiger partial charge in [-0.05, 0) is 43.8 Å². The molecule has 1 atom stereocenters. The average Bonchev–Trinajstić information content (AvgIpc) is 2.63. The summed E-state index contributed by atoms with van der Waals surface area (Å²) in [4.78, 5) is 14.1. The normalized spacial score (nSPS) is 12.0. The van der Waals surface area contributed by atoms with Gasteiger partial charge in [0.05, 0.1) is 26.5 Å². The molecule has 0 aliphatic rings. The van der Waals surface area contributed by atoms with Crippen molar-refractivity contribution in [3.63, 3.8) is 0 Å². The van der Waals surface area contributed by atoms with Crippen LogP contribution in [0.25, 0.3) is 0 Å². The molecule has 0 spiro atoms. The summed E-state index contributed by atoms with van der Waals surface area (Å²) in [5, 5.41) is 2.78. The maximum Gasteiger partial charge on any atom is 0.238 e. The minimum Gasteiger partial charge on any atom is -0.497 e. The van der Waals surface area contributed by atoms with E-state index >= 15 is 0 Å². The molecule has 0 fully saturated rings. The maximum atomic E-state index is 13.4. The van der Waals surface area contributed by atoms with Crippen molar-refractivity contribution in [1.29, 1.82) is 0 Å². The Morgan fingerprint density at radius 1 is 1.12 bits per heavy atom. The fourth-order valence-corrected chi connectivity index (χ4v) is 2.48. The second kappa shape index (κ2) is 8.62. The average molecular weight is 364 g/mol. The van der Waals surface area contributed by atoms with Crippen LogP contribution in [-0.2, 0) is 4.79 Å². The second-order valence-electron chi connectivity index (χ2n) is 5.88. The molecule has 0 saturated carbocycles. The largest absolute Gasteiger partial charge is 0.497 e. The highest BCUT2D eigenvalue weighted by atomic mass is 19.2. The third-order valence-electron chi connectivity index (χ3n) is 4.16. The third kappa shape index (κ3) is 4.70. The predicted octanol–water partition coefficient (Wildman–Crippen LogP) is 3.61. The van der Waals surface area contributed by atoms with Crippen LogP contribution in [0, 0.1) is 11.6 Å². The minimum atomic E-state index is -0.907. The van der Waals surface area contributed by atoms with Gasteiger partial charge >= 0.3 is 0 Å². The van der Waals surface area contributed by atoms with Crippen molar-refractivity contribution in [3.05, 3.63) is 53.6 Å². The van der Waals surface area contributed by atoms with Crippen LogP contribution in [0.15, 0.2) is 36.4 Å². The van der Waals surface area contributed by atoms with E-state index in [2.05, 4.69) is 5.32 Å². The Bertz CT molecular complexity index is 783. The van der Waals surface area contributed by atoms with Crippen LogP contribution in [0.3, 0.4) is 0 Å². The lowest BCUT2D eigenvalue weighted by Gasteiger charge is -2.24. The number of carbonyl (C=O) groups is 1. The van der Waals surface area contributed by atoms with E-state index in [-0.39, 0.29) is 18.5 Å². The molecule has 26 heavy (non-hydrogen) atoms. The molecule has 0 saturated heterocycles. The lowest BCUT2D eigenvalue weighted by molar-refractivity contribution is -0.117. The van der Waals surface area contributed by atoms with Gasteiger partial charge in [-0.2, -0.15) is 0 Å². The highest BCUT2D eigenvalue weighted by molar-refractivity contribution is 5.93. The van der Waals surface area contributed by atoms with Crippen LogP contribution in [0.2, 0.25) is 0 Å². The number of amides is 1. The van der Waals surface area contributed by atoms with Crippen LogP contribution >= 0.6 is 0 Å². The molecule has 0 radical (unpaired) electrons. The van der Waals surface area contributed by atoms with Gasteiger partial charge in [-0.3, -0.25) is 9.69 Å². The molecule has 0 aromatic heterocycles. The number of carbonyl (C=O) groups excluding carboxylic acids is 1. The number of benzene rings is 2. The van der Waals surface area contributed by atoms with Gasteiger partial charge in [-0.15, -0.1) is 0 Å². The van der Waals surface area contributed by atoms with Gasteiger partial charge in [0.1, 0.15) is 11.5 Å². The summed E-state index contributed by atoms with van der Waals surface area (Å²) in [5.41, 5.74) is 1.11. The zero-order chi connectivity index (χ0) is 19.3. The Morgan fingerprint density at radius 2 is 1.85 bits per heavy atom. The van der Waals surface area contributed by atoms with Crippen LogP contribution in [-0.4, -0.2) is 38.6 Å². The van der Waals surface area contributed by atoms with E-state index in [0.717, 1.165) is 12.1 Å². The van der Waals surface area contributed by atoms with Gasteiger partial charge in [-0.1, -0.05) is 6.07 Å². The summed E-state index contributed by atoms with van der Waals surface area (Å²) < 4.78 is 36.8. The molecular weight excluding hydrogens is 342 g/mol. The number of anilines is 1. The van der Waals surface area contributed by atoms with E-state index in [9.17, 15) is 13.6 Å². The van der Waals surface area contributed by atoms with Gasteiger partial charge in [0.25, 0.3) is 0 Å². The Kier molecular flexibility index (Phi) is 6.52. The van der Waals surface area contributed by atoms with Crippen molar-refractivity contribution < 1.29 is 23.0 Å². The standard InChI is InChI=1S/C19H22F2N2O3/c1-12(13-5-7-15(20)16(21)9-13)23(2)11-19(24)22-17-8-6-14(25-3)10-18(17)26-4/h5-10,12H,11H2,1-4H3,(H,22,24).